The van der Waals surface area contributed by atoms with E-state index in [1.807, 2.05) is 43.9 Å². The molecule has 3 N–H and O–H groups in total. The first-order chi connectivity index (χ1) is 10.9. The van der Waals surface area contributed by atoms with Crippen molar-refractivity contribution < 1.29 is 9.59 Å². The van der Waals surface area contributed by atoms with Crippen molar-refractivity contribution in [3.05, 3.63) is 35.9 Å². The minimum Gasteiger partial charge on any atom is -0.340 e. The number of nitrogens with one attached hydrogen (secondary N) is 1. The van der Waals surface area contributed by atoms with Crippen LogP contribution in [0.25, 0.3) is 0 Å². The van der Waals surface area contributed by atoms with Gasteiger partial charge in [0.2, 0.25) is 5.91 Å². The van der Waals surface area contributed by atoms with Gasteiger partial charge in [0.15, 0.2) is 0 Å². The lowest BCUT2D eigenvalue weighted by molar-refractivity contribution is -0.135. The quantitative estimate of drug-likeness (QED) is 0.867. The van der Waals surface area contributed by atoms with Gasteiger partial charge in [-0.1, -0.05) is 32.0 Å². The largest absolute Gasteiger partial charge is 0.340 e. The molecule has 3 atom stereocenters. The zero-order chi connectivity index (χ0) is 17.0. The van der Waals surface area contributed by atoms with Gasteiger partial charge in [-0.05, 0) is 43.9 Å². The van der Waals surface area contributed by atoms with E-state index in [1.165, 1.54) is 0 Å². The fraction of sp³-hybridized carbons (Fsp3) is 0.556. The van der Waals surface area contributed by atoms with Crippen LogP contribution in [0.3, 0.4) is 0 Å². The van der Waals surface area contributed by atoms with E-state index in [4.69, 9.17) is 5.73 Å². The van der Waals surface area contributed by atoms with Gasteiger partial charge in [-0.3, -0.25) is 9.59 Å². The summed E-state index contributed by atoms with van der Waals surface area (Å²) in [5.74, 6) is 0.165. The number of amides is 2. The first-order valence-electron chi connectivity index (χ1n) is 8.30. The molecular formula is C18H27N3O2. The third-order valence-electron chi connectivity index (χ3n) is 4.53. The second-order valence-electron chi connectivity index (χ2n) is 6.74. The monoisotopic (exact) mass is 317 g/mol. The van der Waals surface area contributed by atoms with Crippen molar-refractivity contribution in [3.8, 4) is 0 Å². The molecule has 2 rings (SSSR count). The molecule has 0 saturated carbocycles. The molecule has 0 radical (unpaired) electrons. The van der Waals surface area contributed by atoms with Gasteiger partial charge in [0, 0.05) is 18.2 Å². The maximum absolute atomic E-state index is 12.9. The molecule has 5 heteroatoms. The number of hydrogen-bond acceptors (Lipinski definition) is 3. The van der Waals surface area contributed by atoms with E-state index in [2.05, 4.69) is 5.32 Å². The molecule has 1 heterocycles. The highest BCUT2D eigenvalue weighted by atomic mass is 16.2. The summed E-state index contributed by atoms with van der Waals surface area (Å²) in [6.07, 6.45) is 0.930. The smallest absolute Gasteiger partial charge is 0.251 e. The number of nitrogens with two attached hydrogens (primary N) is 1. The first-order valence-corrected chi connectivity index (χ1v) is 8.30. The highest BCUT2D eigenvalue weighted by molar-refractivity contribution is 5.97. The summed E-state index contributed by atoms with van der Waals surface area (Å²) in [7, 11) is 0. The molecule has 0 aliphatic carbocycles. The van der Waals surface area contributed by atoms with Crippen LogP contribution >= 0.6 is 0 Å². The van der Waals surface area contributed by atoms with Gasteiger partial charge in [0.05, 0.1) is 0 Å². The highest BCUT2D eigenvalue weighted by Crippen LogP contribution is 2.24. The van der Waals surface area contributed by atoms with E-state index < -0.39 is 6.04 Å². The summed E-state index contributed by atoms with van der Waals surface area (Å²) < 4.78 is 0. The summed E-state index contributed by atoms with van der Waals surface area (Å²) in [4.78, 5) is 27.1. The van der Waals surface area contributed by atoms with E-state index in [9.17, 15) is 9.59 Å². The lowest BCUT2D eigenvalue weighted by Crippen LogP contribution is -2.52. The second-order valence-corrected chi connectivity index (χ2v) is 6.74. The summed E-state index contributed by atoms with van der Waals surface area (Å²) >= 11 is 0. The average Bonchev–Trinajstić information content (AvgIpc) is 2.93. The van der Waals surface area contributed by atoms with Crippen molar-refractivity contribution in [3.63, 3.8) is 0 Å². The van der Waals surface area contributed by atoms with E-state index in [0.29, 0.717) is 24.6 Å². The maximum Gasteiger partial charge on any atom is 0.251 e. The van der Waals surface area contributed by atoms with Crippen LogP contribution in [0, 0.1) is 11.8 Å². The Hall–Kier alpha value is -1.88. The molecule has 2 amide bonds. The van der Waals surface area contributed by atoms with E-state index in [-0.39, 0.29) is 23.8 Å². The molecule has 1 aliphatic rings. The van der Waals surface area contributed by atoms with Gasteiger partial charge in [-0.2, -0.15) is 0 Å². The molecule has 1 saturated heterocycles. The van der Waals surface area contributed by atoms with Crippen molar-refractivity contribution in [1.29, 1.82) is 0 Å². The molecule has 23 heavy (non-hydrogen) atoms. The molecule has 1 aromatic carbocycles. The predicted octanol–water partition coefficient (Wildman–Crippen LogP) is 1.64. The van der Waals surface area contributed by atoms with Crippen molar-refractivity contribution in [2.45, 2.75) is 39.3 Å². The summed E-state index contributed by atoms with van der Waals surface area (Å²) in [5.41, 5.74) is 6.31. The van der Waals surface area contributed by atoms with Crippen molar-refractivity contribution in [2.75, 3.05) is 13.1 Å². The standard InChI is InChI=1S/C18H27N3O2/c1-12(2)16(20-17(22)15-7-5-4-6-8-15)18(23)21-11-14(10-19)9-13(21)3/h4-8,12-14,16H,9-11,19H2,1-3H3,(H,20,22). The lowest BCUT2D eigenvalue weighted by Gasteiger charge is -2.29. The van der Waals surface area contributed by atoms with Crippen LogP contribution in [-0.2, 0) is 4.79 Å². The molecule has 126 valence electrons. The molecule has 3 unspecified atom stereocenters. The number of hydrogen-bond donors (Lipinski definition) is 2. The van der Waals surface area contributed by atoms with Crippen molar-refractivity contribution >= 4 is 11.8 Å². The van der Waals surface area contributed by atoms with Crippen LogP contribution < -0.4 is 11.1 Å². The number of carbonyl (C=O) groups is 2. The van der Waals surface area contributed by atoms with Gasteiger partial charge in [0.25, 0.3) is 5.91 Å². The number of benzene rings is 1. The third kappa shape index (κ3) is 4.10. The number of likely N-dealkylation sites (tertiary alicyclic amines) is 1. The average molecular weight is 317 g/mol. The van der Waals surface area contributed by atoms with Crippen LogP contribution in [0.15, 0.2) is 30.3 Å². The Labute approximate surface area is 138 Å². The zero-order valence-electron chi connectivity index (χ0n) is 14.2. The Bertz CT molecular complexity index is 544. The van der Waals surface area contributed by atoms with Gasteiger partial charge >= 0.3 is 0 Å². The topological polar surface area (TPSA) is 75.4 Å². The van der Waals surface area contributed by atoms with Gasteiger partial charge in [0.1, 0.15) is 6.04 Å². The van der Waals surface area contributed by atoms with Crippen LogP contribution in [0.4, 0.5) is 0 Å². The third-order valence-corrected chi connectivity index (χ3v) is 4.53. The first kappa shape index (κ1) is 17.5. The van der Waals surface area contributed by atoms with E-state index in [0.717, 1.165) is 6.42 Å². The molecule has 1 aliphatic heterocycles. The SMILES string of the molecule is CC(C)C(NC(=O)c1ccccc1)C(=O)N1CC(CN)CC1C. The van der Waals surface area contributed by atoms with Crippen LogP contribution in [0.1, 0.15) is 37.6 Å². The molecule has 0 bridgehead atoms. The Morgan fingerprint density at radius 3 is 2.48 bits per heavy atom. The van der Waals surface area contributed by atoms with E-state index >= 15 is 0 Å². The molecule has 1 aromatic rings. The fourth-order valence-electron chi connectivity index (χ4n) is 3.13. The van der Waals surface area contributed by atoms with Gasteiger partial charge in [-0.15, -0.1) is 0 Å². The zero-order valence-corrected chi connectivity index (χ0v) is 14.2. The summed E-state index contributed by atoms with van der Waals surface area (Å²) in [6.45, 7) is 7.23. The second kappa shape index (κ2) is 7.59. The highest BCUT2D eigenvalue weighted by Gasteiger charge is 2.36. The van der Waals surface area contributed by atoms with Crippen molar-refractivity contribution in [1.82, 2.24) is 10.2 Å². The number of rotatable bonds is 5. The van der Waals surface area contributed by atoms with Crippen LogP contribution in [-0.4, -0.2) is 41.9 Å². The predicted molar refractivity (Wildman–Crippen MR) is 90.9 cm³/mol. The summed E-state index contributed by atoms with van der Waals surface area (Å²) in [6, 6.07) is 8.65. The Morgan fingerprint density at radius 1 is 1.30 bits per heavy atom. The molecule has 5 nitrogen and oxygen atoms in total. The Morgan fingerprint density at radius 2 is 1.96 bits per heavy atom. The minimum absolute atomic E-state index is 0.00673. The number of carbonyl (C=O) groups excluding carboxylic acids is 2. The maximum atomic E-state index is 12.9. The Balaban J connectivity index is 2.09. The minimum atomic E-state index is -0.512. The molecule has 1 fully saturated rings. The van der Waals surface area contributed by atoms with Crippen LogP contribution in [0.5, 0.6) is 0 Å². The van der Waals surface area contributed by atoms with E-state index in [1.54, 1.807) is 12.1 Å². The number of nitrogens with zero attached hydrogens (tertiary/aromatic N) is 1. The Kier molecular flexibility index (Phi) is 5.77. The molecule has 0 aromatic heterocycles. The summed E-state index contributed by atoms with van der Waals surface area (Å²) in [5, 5.41) is 2.90. The molecule has 0 spiro atoms. The normalized spacial score (nSPS) is 22.2. The van der Waals surface area contributed by atoms with Gasteiger partial charge in [-0.25, -0.2) is 0 Å². The molecular weight excluding hydrogens is 290 g/mol. The van der Waals surface area contributed by atoms with Crippen LogP contribution in [0.2, 0.25) is 0 Å². The lowest BCUT2D eigenvalue weighted by atomic mass is 10.0. The fourth-order valence-corrected chi connectivity index (χ4v) is 3.13. The van der Waals surface area contributed by atoms with Gasteiger partial charge < -0.3 is 16.0 Å². The van der Waals surface area contributed by atoms with Crippen molar-refractivity contribution in [2.24, 2.45) is 17.6 Å².